The van der Waals surface area contributed by atoms with E-state index in [0.29, 0.717) is 5.56 Å². The number of Topliss-reactive ketones (excluding diaryl/α,β-unsaturated/α-hetero) is 1. The Kier molecular flexibility index (Phi) is 5.95. The molecular formula is C21H22O11. The average Bonchev–Trinajstić information content (AvgIpc) is 2.76. The van der Waals surface area contributed by atoms with Gasteiger partial charge < -0.3 is 50.0 Å². The van der Waals surface area contributed by atoms with Crippen molar-refractivity contribution in [1.82, 2.24) is 0 Å². The zero-order chi connectivity index (χ0) is 23.2. The molecule has 0 aromatic heterocycles. The molecule has 0 bridgehead atoms. The summed E-state index contributed by atoms with van der Waals surface area (Å²) in [4.78, 5) is 12.5. The Labute approximate surface area is 181 Å². The summed E-state index contributed by atoms with van der Waals surface area (Å²) in [6, 6.07) is 7.96. The molecule has 0 radical (unpaired) electrons. The summed E-state index contributed by atoms with van der Waals surface area (Å²) in [7, 11) is 0. The molecule has 1 saturated heterocycles. The maximum atomic E-state index is 12.5. The number of carbonyl (C=O) groups is 1. The number of carbonyl (C=O) groups excluding carboxylic acids is 1. The van der Waals surface area contributed by atoms with Crippen LogP contribution in [-0.2, 0) is 4.74 Å². The standard InChI is InChI=1S/C21H22O11/c22-7-13-15(25)17(27)19(29)21(32-13)30-10-3-1-8(2-4-10)20-18(28)16(26)14-11(24)5-9(23)6-12(14)31-20/h1-6,13,15,17-25,27-29H,7H2/t13-,15-,17+,18+,19-,20+,21-/m1/s1. The van der Waals surface area contributed by atoms with Crippen molar-refractivity contribution < 1.29 is 54.8 Å². The molecule has 1 fully saturated rings. The van der Waals surface area contributed by atoms with E-state index >= 15 is 0 Å². The number of hydrogen-bond donors (Lipinski definition) is 7. The van der Waals surface area contributed by atoms with Crippen LogP contribution in [0.2, 0.25) is 0 Å². The van der Waals surface area contributed by atoms with Crippen LogP contribution < -0.4 is 9.47 Å². The highest BCUT2D eigenvalue weighted by Crippen LogP contribution is 2.42. The quantitative estimate of drug-likeness (QED) is 0.301. The van der Waals surface area contributed by atoms with Gasteiger partial charge in [0.25, 0.3) is 0 Å². The smallest absolute Gasteiger partial charge is 0.229 e. The minimum atomic E-state index is -1.62. The minimum Gasteiger partial charge on any atom is -0.508 e. The molecule has 7 N–H and O–H groups in total. The number of rotatable bonds is 4. The third-order valence-corrected chi connectivity index (χ3v) is 5.43. The number of benzene rings is 2. The molecule has 2 heterocycles. The SMILES string of the molecule is O=C1c2c(O)cc(O)cc2O[C@@H](c2ccc(O[C@@H]3O[C@H](CO)[C@@H](O)[C@H](O)[C@H]3O)cc2)[C@H]1O. The molecule has 7 atom stereocenters. The third-order valence-electron chi connectivity index (χ3n) is 5.43. The Morgan fingerprint density at radius 1 is 0.938 bits per heavy atom. The Balaban J connectivity index is 1.52. The van der Waals surface area contributed by atoms with Crippen molar-refractivity contribution in [3.63, 3.8) is 0 Å². The Morgan fingerprint density at radius 2 is 1.62 bits per heavy atom. The van der Waals surface area contributed by atoms with Crippen molar-refractivity contribution in [3.05, 3.63) is 47.5 Å². The van der Waals surface area contributed by atoms with Crippen molar-refractivity contribution in [2.24, 2.45) is 0 Å². The lowest BCUT2D eigenvalue weighted by Crippen LogP contribution is -2.60. The van der Waals surface area contributed by atoms with Gasteiger partial charge in [-0.3, -0.25) is 4.79 Å². The minimum absolute atomic E-state index is 0.0792. The number of ketones is 1. The zero-order valence-corrected chi connectivity index (χ0v) is 16.5. The summed E-state index contributed by atoms with van der Waals surface area (Å²) in [5.74, 6) is -1.48. The van der Waals surface area contributed by atoms with Crippen LogP contribution in [0.1, 0.15) is 22.0 Å². The van der Waals surface area contributed by atoms with Crippen molar-refractivity contribution in [3.8, 4) is 23.0 Å². The first-order valence-electron chi connectivity index (χ1n) is 9.73. The van der Waals surface area contributed by atoms with Gasteiger partial charge in [-0.25, -0.2) is 0 Å². The van der Waals surface area contributed by atoms with Crippen LogP contribution in [-0.4, -0.2) is 84.9 Å². The molecule has 11 nitrogen and oxygen atoms in total. The molecule has 0 spiro atoms. The number of aliphatic hydroxyl groups is 5. The highest BCUT2D eigenvalue weighted by Gasteiger charge is 2.45. The predicted octanol–water partition coefficient (Wildman–Crippen LogP) is -1.05. The average molecular weight is 450 g/mol. The molecule has 0 aliphatic carbocycles. The van der Waals surface area contributed by atoms with Gasteiger partial charge in [0.05, 0.1) is 6.61 Å². The fraction of sp³-hybridized carbons (Fsp3) is 0.381. The van der Waals surface area contributed by atoms with Crippen LogP contribution >= 0.6 is 0 Å². The van der Waals surface area contributed by atoms with E-state index < -0.39 is 61.1 Å². The number of aromatic hydroxyl groups is 2. The van der Waals surface area contributed by atoms with Gasteiger partial charge in [0.2, 0.25) is 12.1 Å². The van der Waals surface area contributed by atoms with E-state index in [9.17, 15) is 40.5 Å². The largest absolute Gasteiger partial charge is 0.508 e. The summed E-state index contributed by atoms with van der Waals surface area (Å²) in [5, 5.41) is 68.9. The van der Waals surface area contributed by atoms with Gasteiger partial charge in [-0.1, -0.05) is 12.1 Å². The molecule has 0 amide bonds. The van der Waals surface area contributed by atoms with E-state index in [4.69, 9.17) is 14.2 Å². The monoisotopic (exact) mass is 450 g/mol. The Morgan fingerprint density at radius 3 is 2.28 bits per heavy atom. The van der Waals surface area contributed by atoms with Gasteiger partial charge >= 0.3 is 0 Å². The zero-order valence-electron chi connectivity index (χ0n) is 16.5. The molecule has 172 valence electrons. The molecule has 2 aromatic carbocycles. The molecule has 4 rings (SSSR count). The number of hydrogen-bond acceptors (Lipinski definition) is 11. The van der Waals surface area contributed by atoms with Gasteiger partial charge in [0, 0.05) is 12.1 Å². The number of fused-ring (bicyclic) bond motifs is 1. The summed E-state index contributed by atoms with van der Waals surface area (Å²) in [6.07, 6.45) is -9.91. The van der Waals surface area contributed by atoms with Crippen molar-refractivity contribution >= 4 is 5.78 Å². The van der Waals surface area contributed by atoms with E-state index in [1.165, 1.54) is 24.3 Å². The van der Waals surface area contributed by atoms with Gasteiger partial charge in [0.15, 0.2) is 12.2 Å². The topological polar surface area (TPSA) is 186 Å². The van der Waals surface area contributed by atoms with E-state index in [0.717, 1.165) is 12.1 Å². The van der Waals surface area contributed by atoms with Crippen LogP contribution in [0.3, 0.4) is 0 Å². The van der Waals surface area contributed by atoms with Gasteiger partial charge in [0.1, 0.15) is 53.0 Å². The molecule has 11 heteroatoms. The summed E-state index contributed by atoms with van der Waals surface area (Å²) < 4.78 is 16.4. The molecular weight excluding hydrogens is 428 g/mol. The molecule has 2 aromatic rings. The highest BCUT2D eigenvalue weighted by molar-refractivity contribution is 6.05. The summed E-state index contributed by atoms with van der Waals surface area (Å²) in [5.41, 5.74) is 0.148. The Hall–Kier alpha value is -2.93. The van der Waals surface area contributed by atoms with Crippen molar-refractivity contribution in [1.29, 1.82) is 0 Å². The van der Waals surface area contributed by atoms with Crippen LogP contribution in [0.25, 0.3) is 0 Å². The van der Waals surface area contributed by atoms with Gasteiger partial charge in [-0.05, 0) is 17.7 Å². The van der Waals surface area contributed by atoms with Gasteiger partial charge in [-0.2, -0.15) is 0 Å². The normalized spacial score (nSPS) is 32.2. The lowest BCUT2D eigenvalue weighted by atomic mass is 9.93. The first-order chi connectivity index (χ1) is 15.2. The van der Waals surface area contributed by atoms with Crippen molar-refractivity contribution in [2.75, 3.05) is 6.61 Å². The number of ether oxygens (including phenoxy) is 3. The second-order valence-electron chi connectivity index (χ2n) is 7.57. The third kappa shape index (κ3) is 3.86. The van der Waals surface area contributed by atoms with Crippen LogP contribution in [0.4, 0.5) is 0 Å². The number of phenolic OH excluding ortho intramolecular Hbond substituents is 2. The van der Waals surface area contributed by atoms with Crippen LogP contribution in [0.15, 0.2) is 36.4 Å². The lowest BCUT2D eigenvalue weighted by molar-refractivity contribution is -0.277. The maximum Gasteiger partial charge on any atom is 0.229 e. The second-order valence-corrected chi connectivity index (χ2v) is 7.57. The number of aliphatic hydroxyl groups excluding tert-OH is 5. The fourth-order valence-corrected chi connectivity index (χ4v) is 3.70. The van der Waals surface area contributed by atoms with Gasteiger partial charge in [-0.15, -0.1) is 0 Å². The Bertz CT molecular complexity index is 990. The predicted molar refractivity (Wildman–Crippen MR) is 104 cm³/mol. The number of phenols is 2. The van der Waals surface area contributed by atoms with Crippen LogP contribution in [0.5, 0.6) is 23.0 Å². The van der Waals surface area contributed by atoms with E-state index in [1.54, 1.807) is 0 Å². The summed E-state index contributed by atoms with van der Waals surface area (Å²) >= 11 is 0. The van der Waals surface area contributed by atoms with Crippen molar-refractivity contribution in [2.45, 2.75) is 42.9 Å². The summed E-state index contributed by atoms with van der Waals surface area (Å²) in [6.45, 7) is -0.596. The highest BCUT2D eigenvalue weighted by atomic mass is 16.7. The van der Waals surface area contributed by atoms with Crippen LogP contribution in [0, 0.1) is 0 Å². The maximum absolute atomic E-state index is 12.5. The van der Waals surface area contributed by atoms with E-state index in [1.807, 2.05) is 0 Å². The van der Waals surface area contributed by atoms with E-state index in [-0.39, 0.29) is 22.8 Å². The van der Waals surface area contributed by atoms with E-state index in [2.05, 4.69) is 0 Å². The molecule has 2 aliphatic rings. The molecule has 0 saturated carbocycles. The molecule has 2 aliphatic heterocycles. The molecule has 32 heavy (non-hydrogen) atoms. The fourth-order valence-electron chi connectivity index (χ4n) is 3.70. The second kappa shape index (κ2) is 8.54. The lowest BCUT2D eigenvalue weighted by Gasteiger charge is -2.39. The molecule has 0 unspecified atom stereocenters. The first-order valence-corrected chi connectivity index (χ1v) is 9.73. The first kappa shape index (κ1) is 22.3.